The van der Waals surface area contributed by atoms with Crippen LogP contribution in [-0.2, 0) is 30.1 Å². The maximum Gasteiger partial charge on any atom is 0.407 e. The summed E-state index contributed by atoms with van der Waals surface area (Å²) in [6.45, 7) is 11.5. The number of benzene rings is 1. The highest BCUT2D eigenvalue weighted by atomic mass is 28.4. The quantitative estimate of drug-likeness (QED) is 0.178. The van der Waals surface area contributed by atoms with Gasteiger partial charge in [0.25, 0.3) is 0 Å². The van der Waals surface area contributed by atoms with E-state index in [1.54, 1.807) is 0 Å². The van der Waals surface area contributed by atoms with Crippen LogP contribution in [0.1, 0.15) is 58.4 Å². The van der Waals surface area contributed by atoms with Crippen LogP contribution in [0, 0.1) is 29.1 Å². The second kappa shape index (κ2) is 11.7. The molecule has 1 N–H and O–H groups in total. The van der Waals surface area contributed by atoms with Gasteiger partial charge in [-0.05, 0) is 61.7 Å². The number of carbonyl (C=O) groups is 3. The molecule has 0 spiro atoms. The number of hydrogen-bond acceptors (Lipinski definition) is 6. The highest BCUT2D eigenvalue weighted by molar-refractivity contribution is 6.71. The van der Waals surface area contributed by atoms with Crippen LogP contribution in [0.4, 0.5) is 4.79 Å². The van der Waals surface area contributed by atoms with Crippen molar-refractivity contribution >= 4 is 26.3 Å². The van der Waals surface area contributed by atoms with Crippen molar-refractivity contribution in [1.82, 2.24) is 5.32 Å². The number of nitrogens with one attached hydrogen (secondary N) is 1. The summed E-state index contributed by atoms with van der Waals surface area (Å²) in [6.07, 6.45) is 6.53. The zero-order valence-corrected chi connectivity index (χ0v) is 24.5. The Bertz CT molecular complexity index is 1050. The van der Waals surface area contributed by atoms with E-state index < -0.39 is 44.2 Å². The first-order valence-electron chi connectivity index (χ1n) is 14.0. The van der Waals surface area contributed by atoms with Crippen LogP contribution in [0.25, 0.3) is 0 Å². The summed E-state index contributed by atoms with van der Waals surface area (Å²) in [5.74, 6) is -2.35. The third kappa shape index (κ3) is 7.14. The number of amides is 1. The van der Waals surface area contributed by atoms with Gasteiger partial charge in [-0.3, -0.25) is 9.59 Å². The molecule has 1 aromatic carbocycles. The van der Waals surface area contributed by atoms with Crippen LogP contribution < -0.4 is 5.32 Å². The lowest BCUT2D eigenvalue weighted by atomic mass is 9.62. The summed E-state index contributed by atoms with van der Waals surface area (Å²) in [5, 5.41) is 3.02. The fourth-order valence-electron chi connectivity index (χ4n) is 5.97. The van der Waals surface area contributed by atoms with Gasteiger partial charge in [-0.15, -0.1) is 0 Å². The van der Waals surface area contributed by atoms with Crippen LogP contribution in [-0.4, -0.2) is 39.0 Å². The second-order valence-corrected chi connectivity index (χ2v) is 17.2. The molecule has 2 fully saturated rings. The molecule has 0 radical (unpaired) electrons. The Morgan fingerprint density at radius 2 is 1.82 bits per heavy atom. The SMILES string of the molecule is CC(C)(C)CC[Si](C)(C)OC[C@@H](NC(=O)OCc1ccccc1)[C@H]1C=C2CCCC[C@H]2[C@H]2C(=O)OC(=O)[C@@H]12. The Kier molecular flexibility index (Phi) is 8.82. The molecule has 0 bridgehead atoms. The van der Waals surface area contributed by atoms with Crippen molar-refractivity contribution in [2.45, 2.75) is 84.7 Å². The van der Waals surface area contributed by atoms with E-state index in [-0.39, 0.29) is 30.5 Å². The number of fused-ring (bicyclic) bond motifs is 3. The largest absolute Gasteiger partial charge is 0.445 e. The maximum atomic E-state index is 13.0. The first-order chi connectivity index (χ1) is 17.9. The Morgan fingerprint density at radius 3 is 2.53 bits per heavy atom. The number of ether oxygens (including phenoxy) is 2. The van der Waals surface area contributed by atoms with Gasteiger partial charge in [-0.1, -0.05) is 69.2 Å². The molecule has 4 rings (SSSR count). The predicted octanol–water partition coefficient (Wildman–Crippen LogP) is 6.00. The predicted molar refractivity (Wildman–Crippen MR) is 147 cm³/mol. The van der Waals surface area contributed by atoms with Crippen molar-refractivity contribution in [3.05, 3.63) is 47.5 Å². The maximum absolute atomic E-state index is 13.0. The van der Waals surface area contributed by atoms with Gasteiger partial charge in [-0.2, -0.15) is 0 Å². The second-order valence-electron chi connectivity index (χ2n) is 12.9. The topological polar surface area (TPSA) is 90.9 Å². The minimum absolute atomic E-state index is 0.0492. The minimum Gasteiger partial charge on any atom is -0.445 e. The molecule has 7 nitrogen and oxygen atoms in total. The number of alkyl carbamates (subject to hydrolysis) is 1. The molecule has 8 heteroatoms. The van der Waals surface area contributed by atoms with E-state index in [0.717, 1.165) is 43.7 Å². The standard InChI is InChI=1S/C30H43NO6Si/c1-30(2,3)15-16-38(4,5)36-19-24(31-29(34)35-18-20-11-7-6-8-12-20)23-17-21-13-9-10-14-22(21)25-26(23)28(33)37-27(25)32/h6-8,11-12,17,22-26H,9-10,13-16,18-19H2,1-5H3,(H,31,34)/t22-,23-,24-,25-,26+/m1/s1. The average molecular weight is 542 g/mol. The van der Waals surface area contributed by atoms with Gasteiger partial charge in [0.1, 0.15) is 6.61 Å². The van der Waals surface area contributed by atoms with Gasteiger partial charge in [0.15, 0.2) is 8.32 Å². The highest BCUT2D eigenvalue weighted by Crippen LogP contribution is 2.49. The molecule has 1 saturated carbocycles. The van der Waals surface area contributed by atoms with Crippen molar-refractivity contribution in [2.24, 2.45) is 29.1 Å². The number of hydrogen-bond donors (Lipinski definition) is 1. The Morgan fingerprint density at radius 1 is 1.11 bits per heavy atom. The van der Waals surface area contributed by atoms with Crippen molar-refractivity contribution in [3.63, 3.8) is 0 Å². The lowest BCUT2D eigenvalue weighted by Crippen LogP contribution is -2.51. The molecule has 1 saturated heterocycles. The molecule has 208 valence electrons. The number of esters is 2. The van der Waals surface area contributed by atoms with Crippen LogP contribution in [0.2, 0.25) is 19.1 Å². The van der Waals surface area contributed by atoms with E-state index >= 15 is 0 Å². The Balaban J connectivity index is 1.55. The van der Waals surface area contributed by atoms with Crippen molar-refractivity contribution in [3.8, 4) is 0 Å². The van der Waals surface area contributed by atoms with Crippen molar-refractivity contribution in [1.29, 1.82) is 0 Å². The Hall–Kier alpha value is -2.45. The zero-order chi connectivity index (χ0) is 27.5. The summed E-state index contributed by atoms with van der Waals surface area (Å²) in [5.41, 5.74) is 2.31. The van der Waals surface area contributed by atoms with E-state index in [0.29, 0.717) is 0 Å². The van der Waals surface area contributed by atoms with E-state index in [2.05, 4.69) is 45.3 Å². The lowest BCUT2D eigenvalue weighted by molar-refractivity contribution is -0.154. The molecule has 1 aliphatic heterocycles. The van der Waals surface area contributed by atoms with Gasteiger partial charge in [-0.25, -0.2) is 4.79 Å². The molecule has 5 atom stereocenters. The Labute approximate surface area is 227 Å². The van der Waals surface area contributed by atoms with Crippen molar-refractivity contribution < 1.29 is 28.3 Å². The number of allylic oxidation sites excluding steroid dienone is 1. The van der Waals surface area contributed by atoms with Gasteiger partial charge in [0.05, 0.1) is 24.5 Å². The van der Waals surface area contributed by atoms with Crippen LogP contribution in [0.15, 0.2) is 42.0 Å². The number of cyclic esters (lactones) is 2. The summed E-state index contributed by atoms with van der Waals surface area (Å²) >= 11 is 0. The van der Waals surface area contributed by atoms with Crippen molar-refractivity contribution in [2.75, 3.05) is 6.61 Å². The summed E-state index contributed by atoms with van der Waals surface area (Å²) in [7, 11) is -2.06. The van der Waals surface area contributed by atoms with Gasteiger partial charge < -0.3 is 19.2 Å². The molecule has 1 heterocycles. The van der Waals surface area contributed by atoms with E-state index in [9.17, 15) is 14.4 Å². The van der Waals surface area contributed by atoms with Gasteiger partial charge >= 0.3 is 18.0 Å². The molecule has 1 amide bonds. The average Bonchev–Trinajstić information content (AvgIpc) is 3.18. The monoisotopic (exact) mass is 541 g/mol. The van der Waals surface area contributed by atoms with Crippen LogP contribution in [0.5, 0.6) is 0 Å². The number of carbonyl (C=O) groups excluding carboxylic acids is 3. The number of rotatable bonds is 9. The molecule has 38 heavy (non-hydrogen) atoms. The van der Waals surface area contributed by atoms with Gasteiger partial charge in [0.2, 0.25) is 0 Å². The molecule has 2 aliphatic carbocycles. The molecule has 3 aliphatic rings. The van der Waals surface area contributed by atoms with Crippen LogP contribution in [0.3, 0.4) is 0 Å². The molecular weight excluding hydrogens is 498 g/mol. The molecule has 0 unspecified atom stereocenters. The van der Waals surface area contributed by atoms with E-state index in [1.165, 1.54) is 5.57 Å². The molecular formula is C30H43NO6Si. The fourth-order valence-corrected chi connectivity index (χ4v) is 8.09. The highest BCUT2D eigenvalue weighted by Gasteiger charge is 2.56. The first-order valence-corrected chi connectivity index (χ1v) is 17.1. The van der Waals surface area contributed by atoms with E-state index in [1.807, 2.05) is 30.3 Å². The summed E-state index contributed by atoms with van der Waals surface area (Å²) in [6, 6.07) is 9.98. The van der Waals surface area contributed by atoms with Gasteiger partial charge in [0, 0.05) is 5.92 Å². The summed E-state index contributed by atoms with van der Waals surface area (Å²) < 4.78 is 17.3. The fraction of sp³-hybridized carbons (Fsp3) is 0.633. The molecule has 1 aromatic rings. The molecule has 0 aromatic heterocycles. The van der Waals surface area contributed by atoms with Crippen LogP contribution >= 0.6 is 0 Å². The smallest absolute Gasteiger partial charge is 0.407 e. The van der Waals surface area contributed by atoms with E-state index in [4.69, 9.17) is 13.9 Å². The lowest BCUT2D eigenvalue weighted by Gasteiger charge is -2.41. The minimum atomic E-state index is -2.06. The normalized spacial score (nSPS) is 26.1. The first kappa shape index (κ1) is 28.6. The third-order valence-electron chi connectivity index (χ3n) is 8.21. The summed E-state index contributed by atoms with van der Waals surface area (Å²) in [4.78, 5) is 38.8. The zero-order valence-electron chi connectivity index (χ0n) is 23.5. The third-order valence-corrected chi connectivity index (χ3v) is 10.6.